The van der Waals surface area contributed by atoms with Gasteiger partial charge in [-0.1, -0.05) is 30.3 Å². The molecule has 3 rings (SSSR count). The molecular formula is C17H20BrN3. The molecule has 0 N–H and O–H groups in total. The van der Waals surface area contributed by atoms with Crippen LogP contribution in [0, 0.1) is 0 Å². The Bertz CT molecular complexity index is 588. The Morgan fingerprint density at radius 2 is 1.95 bits per heavy atom. The zero-order valence-corrected chi connectivity index (χ0v) is 13.8. The van der Waals surface area contributed by atoms with Gasteiger partial charge >= 0.3 is 0 Å². The highest BCUT2D eigenvalue weighted by Gasteiger charge is 2.25. The fourth-order valence-corrected chi connectivity index (χ4v) is 3.40. The predicted octanol–water partition coefficient (Wildman–Crippen LogP) is 3.55. The first-order chi connectivity index (χ1) is 10.2. The van der Waals surface area contributed by atoms with Gasteiger partial charge < -0.3 is 4.90 Å². The molecule has 0 radical (unpaired) electrons. The van der Waals surface area contributed by atoms with Crippen LogP contribution < -0.4 is 4.90 Å². The number of hydrogen-bond acceptors (Lipinski definition) is 3. The van der Waals surface area contributed by atoms with Gasteiger partial charge in [0, 0.05) is 38.4 Å². The SMILES string of the molecule is CC1CN(Cc2ccccc2)CCN1c1ncccc1Br. The van der Waals surface area contributed by atoms with E-state index in [2.05, 4.69) is 74.0 Å². The van der Waals surface area contributed by atoms with Crippen molar-refractivity contribution in [2.75, 3.05) is 24.5 Å². The third-order valence-electron chi connectivity index (χ3n) is 3.97. The second kappa shape index (κ2) is 6.58. The fraction of sp³-hybridized carbons (Fsp3) is 0.353. The van der Waals surface area contributed by atoms with Crippen LogP contribution in [0.4, 0.5) is 5.82 Å². The van der Waals surface area contributed by atoms with E-state index in [1.54, 1.807) is 0 Å². The molecule has 1 aromatic carbocycles. The largest absolute Gasteiger partial charge is 0.350 e. The van der Waals surface area contributed by atoms with E-state index in [1.807, 2.05) is 12.3 Å². The second-order valence-electron chi connectivity index (χ2n) is 5.57. The number of nitrogens with zero attached hydrogens (tertiary/aromatic N) is 3. The Hall–Kier alpha value is -1.39. The number of halogens is 1. The summed E-state index contributed by atoms with van der Waals surface area (Å²) in [6, 6.07) is 15.2. The van der Waals surface area contributed by atoms with Crippen LogP contribution in [0.5, 0.6) is 0 Å². The zero-order valence-electron chi connectivity index (χ0n) is 12.2. The molecule has 4 heteroatoms. The quantitative estimate of drug-likeness (QED) is 0.847. The summed E-state index contributed by atoms with van der Waals surface area (Å²) in [5.74, 6) is 1.06. The summed E-state index contributed by atoms with van der Waals surface area (Å²) in [5.41, 5.74) is 1.39. The maximum absolute atomic E-state index is 4.52. The standard InChI is InChI=1S/C17H20BrN3/c1-14-12-20(13-15-6-3-2-4-7-15)10-11-21(14)17-16(18)8-5-9-19-17/h2-9,14H,10-13H2,1H3. The van der Waals surface area contributed by atoms with E-state index in [-0.39, 0.29) is 0 Å². The van der Waals surface area contributed by atoms with Gasteiger partial charge in [-0.2, -0.15) is 0 Å². The lowest BCUT2D eigenvalue weighted by molar-refractivity contribution is 0.220. The summed E-state index contributed by atoms with van der Waals surface area (Å²) in [4.78, 5) is 9.44. The minimum Gasteiger partial charge on any atom is -0.350 e. The van der Waals surface area contributed by atoms with Gasteiger partial charge in [0.1, 0.15) is 5.82 Å². The van der Waals surface area contributed by atoms with Crippen LogP contribution in [-0.2, 0) is 6.54 Å². The smallest absolute Gasteiger partial charge is 0.143 e. The molecule has 0 bridgehead atoms. The minimum absolute atomic E-state index is 0.466. The van der Waals surface area contributed by atoms with Crippen LogP contribution in [0.25, 0.3) is 0 Å². The summed E-state index contributed by atoms with van der Waals surface area (Å²) in [7, 11) is 0. The lowest BCUT2D eigenvalue weighted by Crippen LogP contribution is -2.52. The Balaban J connectivity index is 1.66. The molecule has 1 fully saturated rings. The highest BCUT2D eigenvalue weighted by Crippen LogP contribution is 2.26. The third-order valence-corrected chi connectivity index (χ3v) is 4.59. The van der Waals surface area contributed by atoms with Crippen molar-refractivity contribution in [3.8, 4) is 0 Å². The molecule has 1 aliphatic rings. The number of aromatic nitrogens is 1. The maximum atomic E-state index is 4.52. The Labute approximate surface area is 134 Å². The highest BCUT2D eigenvalue weighted by atomic mass is 79.9. The topological polar surface area (TPSA) is 19.4 Å². The summed E-state index contributed by atoms with van der Waals surface area (Å²) in [6.07, 6.45) is 1.86. The number of pyridine rings is 1. The molecule has 110 valence electrons. The lowest BCUT2D eigenvalue weighted by Gasteiger charge is -2.41. The van der Waals surface area contributed by atoms with Crippen molar-refractivity contribution in [2.45, 2.75) is 19.5 Å². The Morgan fingerprint density at radius 1 is 1.14 bits per heavy atom. The Morgan fingerprint density at radius 3 is 2.67 bits per heavy atom. The van der Waals surface area contributed by atoms with E-state index >= 15 is 0 Å². The van der Waals surface area contributed by atoms with Crippen LogP contribution in [0.2, 0.25) is 0 Å². The molecule has 21 heavy (non-hydrogen) atoms. The summed E-state index contributed by atoms with van der Waals surface area (Å²) < 4.78 is 1.08. The van der Waals surface area contributed by atoms with Gasteiger partial charge in [0.25, 0.3) is 0 Å². The highest BCUT2D eigenvalue weighted by molar-refractivity contribution is 9.10. The van der Waals surface area contributed by atoms with E-state index in [0.717, 1.165) is 36.5 Å². The van der Waals surface area contributed by atoms with E-state index in [0.29, 0.717) is 6.04 Å². The van der Waals surface area contributed by atoms with Crippen molar-refractivity contribution in [1.82, 2.24) is 9.88 Å². The van der Waals surface area contributed by atoms with E-state index in [4.69, 9.17) is 0 Å². The second-order valence-corrected chi connectivity index (χ2v) is 6.43. The van der Waals surface area contributed by atoms with Crippen molar-refractivity contribution in [1.29, 1.82) is 0 Å². The molecule has 1 atom stereocenters. The van der Waals surface area contributed by atoms with Crippen LogP contribution in [0.15, 0.2) is 53.1 Å². The van der Waals surface area contributed by atoms with Gasteiger partial charge in [-0.05, 0) is 40.5 Å². The summed E-state index contributed by atoms with van der Waals surface area (Å²) >= 11 is 3.61. The molecule has 0 spiro atoms. The zero-order chi connectivity index (χ0) is 14.7. The molecule has 0 aliphatic carbocycles. The number of hydrogen-bond donors (Lipinski definition) is 0. The average Bonchev–Trinajstić information content (AvgIpc) is 2.50. The van der Waals surface area contributed by atoms with Gasteiger partial charge in [0.05, 0.1) is 4.47 Å². The molecule has 1 aliphatic heterocycles. The molecule has 3 nitrogen and oxygen atoms in total. The molecule has 1 saturated heterocycles. The maximum Gasteiger partial charge on any atom is 0.143 e. The molecule has 0 amide bonds. The van der Waals surface area contributed by atoms with Crippen molar-refractivity contribution in [2.24, 2.45) is 0 Å². The van der Waals surface area contributed by atoms with Crippen molar-refractivity contribution < 1.29 is 0 Å². The molecule has 1 unspecified atom stereocenters. The van der Waals surface area contributed by atoms with Gasteiger partial charge in [-0.15, -0.1) is 0 Å². The first-order valence-electron chi connectivity index (χ1n) is 7.37. The van der Waals surface area contributed by atoms with Crippen molar-refractivity contribution in [3.63, 3.8) is 0 Å². The normalized spacial score (nSPS) is 19.7. The average molecular weight is 346 g/mol. The van der Waals surface area contributed by atoms with Crippen molar-refractivity contribution in [3.05, 3.63) is 58.7 Å². The molecular weight excluding hydrogens is 326 g/mol. The van der Waals surface area contributed by atoms with Crippen LogP contribution >= 0.6 is 15.9 Å². The number of rotatable bonds is 3. The summed E-state index contributed by atoms with van der Waals surface area (Å²) in [6.45, 7) is 6.46. The summed E-state index contributed by atoms with van der Waals surface area (Å²) in [5, 5.41) is 0. The third kappa shape index (κ3) is 3.44. The van der Waals surface area contributed by atoms with E-state index in [9.17, 15) is 0 Å². The first-order valence-corrected chi connectivity index (χ1v) is 8.17. The predicted molar refractivity (Wildman–Crippen MR) is 90.5 cm³/mol. The van der Waals surface area contributed by atoms with Gasteiger partial charge in [0.2, 0.25) is 0 Å². The molecule has 1 aromatic heterocycles. The van der Waals surface area contributed by atoms with Crippen LogP contribution in [-0.4, -0.2) is 35.6 Å². The Kier molecular flexibility index (Phi) is 4.56. The molecule has 2 aromatic rings. The first kappa shape index (κ1) is 14.5. The van der Waals surface area contributed by atoms with E-state index < -0.39 is 0 Å². The molecule has 0 saturated carbocycles. The number of benzene rings is 1. The van der Waals surface area contributed by atoms with Gasteiger partial charge in [-0.25, -0.2) is 4.98 Å². The number of piperazine rings is 1. The molecule has 2 heterocycles. The van der Waals surface area contributed by atoms with Crippen LogP contribution in [0.1, 0.15) is 12.5 Å². The van der Waals surface area contributed by atoms with Gasteiger partial charge in [0.15, 0.2) is 0 Å². The fourth-order valence-electron chi connectivity index (χ4n) is 2.92. The number of anilines is 1. The van der Waals surface area contributed by atoms with Crippen LogP contribution in [0.3, 0.4) is 0 Å². The van der Waals surface area contributed by atoms with E-state index in [1.165, 1.54) is 5.56 Å². The van der Waals surface area contributed by atoms with Gasteiger partial charge in [-0.3, -0.25) is 4.90 Å². The lowest BCUT2D eigenvalue weighted by atomic mass is 10.1. The minimum atomic E-state index is 0.466. The monoisotopic (exact) mass is 345 g/mol. The van der Waals surface area contributed by atoms with Crippen molar-refractivity contribution >= 4 is 21.7 Å².